The topological polar surface area (TPSA) is 59.3 Å². The number of nitrogens with zero attached hydrogens (tertiary/aromatic N) is 3. The van der Waals surface area contributed by atoms with Crippen molar-refractivity contribution in [2.45, 2.75) is 0 Å². The Balaban J connectivity index is 1.83. The zero-order chi connectivity index (χ0) is 13.9. The van der Waals surface area contributed by atoms with Gasteiger partial charge in [0.05, 0.1) is 5.69 Å². The Bertz CT molecular complexity index is 779. The number of hydrogen-bond acceptors (Lipinski definition) is 4. The van der Waals surface area contributed by atoms with Gasteiger partial charge >= 0.3 is 0 Å². The largest absolute Gasteiger partial charge is 0.299 e. The number of carbonyl (C=O) groups is 1. The summed E-state index contributed by atoms with van der Waals surface area (Å²) in [5, 5.41) is 5.37. The van der Waals surface area contributed by atoms with E-state index in [1.165, 1.54) is 17.4 Å². The van der Waals surface area contributed by atoms with Crippen molar-refractivity contribution >= 4 is 45.7 Å². The first-order valence-corrected chi connectivity index (χ1v) is 7.01. The van der Waals surface area contributed by atoms with Crippen LogP contribution in [0.1, 0.15) is 5.69 Å². The van der Waals surface area contributed by atoms with E-state index < -0.39 is 0 Å². The monoisotopic (exact) mass is 304 g/mol. The summed E-state index contributed by atoms with van der Waals surface area (Å²) in [5.41, 5.74) is 1.40. The van der Waals surface area contributed by atoms with Crippen molar-refractivity contribution in [3.63, 3.8) is 0 Å². The third-order valence-corrected chi connectivity index (χ3v) is 3.54. The minimum atomic E-state index is -0.262. The number of halogens is 1. The molecule has 0 fully saturated rings. The summed E-state index contributed by atoms with van der Waals surface area (Å²) in [4.78, 5) is 19.9. The van der Waals surface area contributed by atoms with Crippen molar-refractivity contribution in [3.05, 3.63) is 52.9 Å². The molecule has 0 bridgehead atoms. The van der Waals surface area contributed by atoms with E-state index in [9.17, 15) is 4.79 Å². The Morgan fingerprint density at radius 2 is 2.35 bits per heavy atom. The summed E-state index contributed by atoms with van der Waals surface area (Å²) in [7, 11) is 0. The first-order valence-electron chi connectivity index (χ1n) is 5.75. The van der Waals surface area contributed by atoms with Crippen LogP contribution in [0, 0.1) is 0 Å². The molecule has 0 radical (unpaired) electrons. The van der Waals surface area contributed by atoms with Gasteiger partial charge in [-0.3, -0.25) is 14.5 Å². The predicted octanol–water partition coefficient (Wildman–Crippen LogP) is 3.10. The average molecular weight is 305 g/mol. The molecule has 0 spiro atoms. The quantitative estimate of drug-likeness (QED) is 0.756. The Morgan fingerprint density at radius 3 is 3.15 bits per heavy atom. The standard InChI is InChI=1S/C13H9ClN4OS/c14-12-9(18-7-2-1-3-10(18)16-12)4-5-11(19)17-13-15-6-8-20-13/h1-8H,(H,15,17,19). The SMILES string of the molecule is O=C(C=Cc1c(Cl)nc2ccccn12)Nc1nccs1. The van der Waals surface area contributed by atoms with E-state index in [2.05, 4.69) is 15.3 Å². The van der Waals surface area contributed by atoms with Gasteiger partial charge in [0.25, 0.3) is 0 Å². The van der Waals surface area contributed by atoms with Crippen molar-refractivity contribution < 1.29 is 4.79 Å². The van der Waals surface area contributed by atoms with Crippen molar-refractivity contribution in [3.8, 4) is 0 Å². The van der Waals surface area contributed by atoms with E-state index in [1.54, 1.807) is 17.7 Å². The molecule has 1 N–H and O–H groups in total. The Kier molecular flexibility index (Phi) is 3.49. The van der Waals surface area contributed by atoms with E-state index >= 15 is 0 Å². The molecular weight excluding hydrogens is 296 g/mol. The van der Waals surface area contributed by atoms with Gasteiger partial charge in [-0.1, -0.05) is 17.7 Å². The molecular formula is C13H9ClN4OS. The van der Waals surface area contributed by atoms with Crippen molar-refractivity contribution in [1.82, 2.24) is 14.4 Å². The number of carbonyl (C=O) groups excluding carboxylic acids is 1. The Labute approximate surface area is 123 Å². The summed E-state index contributed by atoms with van der Waals surface area (Å²) in [5.74, 6) is -0.262. The molecule has 3 heterocycles. The molecule has 0 aliphatic rings. The number of imidazole rings is 1. The van der Waals surface area contributed by atoms with Crippen LogP contribution in [-0.2, 0) is 4.79 Å². The first-order chi connectivity index (χ1) is 9.74. The molecule has 0 unspecified atom stereocenters. The maximum Gasteiger partial charge on any atom is 0.250 e. The van der Waals surface area contributed by atoms with Crippen LogP contribution in [-0.4, -0.2) is 20.3 Å². The fourth-order valence-electron chi connectivity index (χ4n) is 1.72. The van der Waals surface area contributed by atoms with E-state index in [1.807, 2.05) is 28.8 Å². The summed E-state index contributed by atoms with van der Waals surface area (Å²) in [6, 6.07) is 5.60. The van der Waals surface area contributed by atoms with Crippen molar-refractivity contribution in [1.29, 1.82) is 0 Å². The normalized spacial score (nSPS) is 11.2. The van der Waals surface area contributed by atoms with Crippen molar-refractivity contribution in [2.24, 2.45) is 0 Å². The molecule has 5 nitrogen and oxygen atoms in total. The van der Waals surface area contributed by atoms with Crippen LogP contribution in [0.4, 0.5) is 5.13 Å². The molecule has 1 amide bonds. The van der Waals surface area contributed by atoms with Gasteiger partial charge in [-0.05, 0) is 18.2 Å². The van der Waals surface area contributed by atoms with Gasteiger partial charge in [-0.25, -0.2) is 9.97 Å². The Morgan fingerprint density at radius 1 is 1.45 bits per heavy atom. The molecule has 3 aromatic heterocycles. The summed E-state index contributed by atoms with van der Waals surface area (Å²) >= 11 is 7.43. The van der Waals surface area contributed by atoms with Gasteiger partial charge in [0.15, 0.2) is 10.3 Å². The molecule has 20 heavy (non-hydrogen) atoms. The van der Waals surface area contributed by atoms with Gasteiger partial charge in [0.2, 0.25) is 5.91 Å². The molecule has 3 aromatic rings. The number of aromatic nitrogens is 3. The number of pyridine rings is 1. The van der Waals surface area contributed by atoms with Crippen molar-refractivity contribution in [2.75, 3.05) is 5.32 Å². The smallest absolute Gasteiger partial charge is 0.250 e. The number of rotatable bonds is 3. The van der Waals surface area contributed by atoms with Gasteiger partial charge < -0.3 is 0 Å². The van der Waals surface area contributed by atoms with Crippen LogP contribution in [0.3, 0.4) is 0 Å². The van der Waals surface area contributed by atoms with Crippen LogP contribution in [0.5, 0.6) is 0 Å². The van der Waals surface area contributed by atoms with Gasteiger partial charge in [-0.2, -0.15) is 0 Å². The molecule has 0 aromatic carbocycles. The first kappa shape index (κ1) is 12.8. The van der Waals surface area contributed by atoms with Crippen LogP contribution in [0.25, 0.3) is 11.7 Å². The number of anilines is 1. The zero-order valence-corrected chi connectivity index (χ0v) is 11.7. The van der Waals surface area contributed by atoms with E-state index in [0.717, 1.165) is 5.65 Å². The lowest BCUT2D eigenvalue weighted by molar-refractivity contribution is -0.111. The second-order valence-electron chi connectivity index (χ2n) is 3.88. The number of hydrogen-bond donors (Lipinski definition) is 1. The van der Waals surface area contributed by atoms with Crippen LogP contribution < -0.4 is 5.32 Å². The lowest BCUT2D eigenvalue weighted by Crippen LogP contribution is -2.07. The van der Waals surface area contributed by atoms with Gasteiger partial charge in [0, 0.05) is 23.8 Å². The third kappa shape index (κ3) is 2.56. The zero-order valence-electron chi connectivity index (χ0n) is 10.2. The molecule has 0 aliphatic heterocycles. The second-order valence-corrected chi connectivity index (χ2v) is 5.13. The fraction of sp³-hybridized carbons (Fsp3) is 0. The molecule has 0 saturated heterocycles. The van der Waals surface area contributed by atoms with Gasteiger partial charge in [0.1, 0.15) is 5.65 Å². The number of amides is 1. The molecule has 100 valence electrons. The highest BCUT2D eigenvalue weighted by Crippen LogP contribution is 2.19. The number of fused-ring (bicyclic) bond motifs is 1. The molecule has 0 aliphatic carbocycles. The van der Waals surface area contributed by atoms with E-state index in [4.69, 9.17) is 11.6 Å². The number of nitrogens with one attached hydrogen (secondary N) is 1. The predicted molar refractivity (Wildman–Crippen MR) is 80.0 cm³/mol. The minimum absolute atomic E-state index is 0.262. The van der Waals surface area contributed by atoms with E-state index in [-0.39, 0.29) is 5.91 Å². The maximum absolute atomic E-state index is 11.7. The average Bonchev–Trinajstić information content (AvgIpc) is 3.03. The molecule has 7 heteroatoms. The second kappa shape index (κ2) is 5.44. The summed E-state index contributed by atoms with van der Waals surface area (Å²) < 4.78 is 1.81. The maximum atomic E-state index is 11.7. The molecule has 0 saturated carbocycles. The summed E-state index contributed by atoms with van der Waals surface area (Å²) in [6.07, 6.45) is 6.51. The van der Waals surface area contributed by atoms with Crippen LogP contribution in [0.2, 0.25) is 5.15 Å². The van der Waals surface area contributed by atoms with E-state index in [0.29, 0.717) is 16.0 Å². The van der Waals surface area contributed by atoms with Crippen LogP contribution >= 0.6 is 22.9 Å². The lowest BCUT2D eigenvalue weighted by Gasteiger charge is -1.97. The number of thiazole rings is 1. The third-order valence-electron chi connectivity index (χ3n) is 2.58. The highest BCUT2D eigenvalue weighted by molar-refractivity contribution is 7.13. The highest BCUT2D eigenvalue weighted by Gasteiger charge is 2.07. The highest BCUT2D eigenvalue weighted by atomic mass is 35.5. The fourth-order valence-corrected chi connectivity index (χ4v) is 2.49. The minimum Gasteiger partial charge on any atom is -0.299 e. The summed E-state index contributed by atoms with van der Waals surface area (Å²) in [6.45, 7) is 0. The lowest BCUT2D eigenvalue weighted by atomic mass is 10.4. The van der Waals surface area contributed by atoms with Crippen LogP contribution in [0.15, 0.2) is 42.0 Å². The van der Waals surface area contributed by atoms with Gasteiger partial charge in [-0.15, -0.1) is 11.3 Å². The Hall–Kier alpha value is -2.18. The molecule has 0 atom stereocenters. The molecule has 3 rings (SSSR count).